The van der Waals surface area contributed by atoms with Crippen molar-refractivity contribution in [3.8, 4) is 5.75 Å². The fourth-order valence-electron chi connectivity index (χ4n) is 3.44. The normalized spacial score (nSPS) is 11.3. The topological polar surface area (TPSA) is 88.1 Å². The molecule has 0 spiro atoms. The van der Waals surface area contributed by atoms with Crippen LogP contribution in [-0.4, -0.2) is 27.1 Å². The van der Waals surface area contributed by atoms with Crippen molar-refractivity contribution in [2.75, 3.05) is 10.8 Å². The Kier molecular flexibility index (Phi) is 9.02. The number of halogens is 2. The first-order valence-corrected chi connectivity index (χ1v) is 13.6. The number of ether oxygens (including phenoxy) is 1. The summed E-state index contributed by atoms with van der Waals surface area (Å²) in [6.07, 6.45) is 1.45. The predicted octanol–water partition coefficient (Wildman–Crippen LogP) is 5.92. The first kappa shape index (κ1) is 27.2. The molecule has 0 atom stereocenters. The Morgan fingerprint density at radius 3 is 2.21 bits per heavy atom. The Morgan fingerprint density at radius 1 is 0.895 bits per heavy atom. The molecule has 0 aromatic heterocycles. The Balaban J connectivity index is 1.42. The van der Waals surface area contributed by atoms with Crippen LogP contribution in [0.3, 0.4) is 0 Å². The zero-order valence-electron chi connectivity index (χ0n) is 20.0. The summed E-state index contributed by atoms with van der Waals surface area (Å²) in [5.41, 5.74) is 4.26. The monoisotopic (exact) mass is 567 g/mol. The van der Waals surface area contributed by atoms with Crippen LogP contribution in [0.5, 0.6) is 5.75 Å². The molecule has 0 saturated carbocycles. The Morgan fingerprint density at radius 2 is 1.55 bits per heavy atom. The van der Waals surface area contributed by atoms with Gasteiger partial charge in [-0.15, -0.1) is 0 Å². The number of benzene rings is 4. The summed E-state index contributed by atoms with van der Waals surface area (Å²) >= 11 is 12.3. The van der Waals surface area contributed by atoms with Crippen molar-refractivity contribution in [2.24, 2.45) is 5.10 Å². The summed E-state index contributed by atoms with van der Waals surface area (Å²) in [4.78, 5) is 12.7. The van der Waals surface area contributed by atoms with Crippen molar-refractivity contribution in [1.82, 2.24) is 5.43 Å². The van der Waals surface area contributed by atoms with Gasteiger partial charge in [-0.1, -0.05) is 71.7 Å². The lowest BCUT2D eigenvalue weighted by Crippen LogP contribution is -2.39. The van der Waals surface area contributed by atoms with Gasteiger partial charge in [0.2, 0.25) is 0 Å². The lowest BCUT2D eigenvalue weighted by molar-refractivity contribution is -0.119. The van der Waals surface area contributed by atoms with E-state index in [1.807, 2.05) is 30.3 Å². The number of sulfonamides is 1. The van der Waals surface area contributed by atoms with E-state index in [0.29, 0.717) is 22.9 Å². The molecular weight excluding hydrogens is 545 g/mol. The van der Waals surface area contributed by atoms with Crippen LogP contribution in [-0.2, 0) is 21.4 Å². The quantitative estimate of drug-likeness (QED) is 0.190. The van der Waals surface area contributed by atoms with E-state index >= 15 is 0 Å². The molecule has 0 heterocycles. The van der Waals surface area contributed by atoms with Gasteiger partial charge >= 0.3 is 0 Å². The Labute approximate surface area is 231 Å². The standard InChI is InChI=1S/C28H23Cl2N3O4S/c29-23-13-16-27(26(30)17-23)33(38(35,36)25-9-5-2-6-10-25)19-28(34)32-31-18-21-11-14-24(15-12-21)37-20-22-7-3-1-4-8-22/h1-18H,19-20H2,(H,32,34)/b31-18-. The number of nitrogens with one attached hydrogen (secondary N) is 1. The van der Waals surface area contributed by atoms with E-state index in [2.05, 4.69) is 10.5 Å². The third kappa shape index (κ3) is 7.13. The lowest BCUT2D eigenvalue weighted by Gasteiger charge is -2.24. The van der Waals surface area contributed by atoms with Crippen molar-refractivity contribution in [3.05, 3.63) is 124 Å². The van der Waals surface area contributed by atoms with Crippen molar-refractivity contribution in [1.29, 1.82) is 0 Å². The van der Waals surface area contributed by atoms with Gasteiger partial charge in [0.25, 0.3) is 15.9 Å². The van der Waals surface area contributed by atoms with E-state index in [0.717, 1.165) is 9.87 Å². The summed E-state index contributed by atoms with van der Waals surface area (Å²) < 4.78 is 33.4. The van der Waals surface area contributed by atoms with E-state index in [1.54, 1.807) is 42.5 Å². The average Bonchev–Trinajstić information content (AvgIpc) is 2.93. The van der Waals surface area contributed by atoms with Gasteiger partial charge in [-0.3, -0.25) is 9.10 Å². The molecule has 4 rings (SSSR count). The van der Waals surface area contributed by atoms with Gasteiger partial charge in [-0.2, -0.15) is 5.10 Å². The van der Waals surface area contributed by atoms with E-state index in [-0.39, 0.29) is 15.6 Å². The first-order valence-electron chi connectivity index (χ1n) is 11.4. The number of nitrogens with zero attached hydrogens (tertiary/aromatic N) is 2. The van der Waals surface area contributed by atoms with Gasteiger partial charge in [0.15, 0.2) is 0 Å². The second kappa shape index (κ2) is 12.6. The van der Waals surface area contributed by atoms with E-state index in [1.165, 1.54) is 36.5 Å². The zero-order chi connectivity index (χ0) is 27.0. The molecule has 0 saturated heterocycles. The minimum Gasteiger partial charge on any atom is -0.489 e. The van der Waals surface area contributed by atoms with Crippen molar-refractivity contribution >= 4 is 51.0 Å². The molecule has 0 fully saturated rings. The molecular formula is C28H23Cl2N3O4S. The smallest absolute Gasteiger partial charge is 0.264 e. The molecule has 1 N–H and O–H groups in total. The number of hydrogen-bond donors (Lipinski definition) is 1. The third-order valence-corrected chi connectivity index (χ3v) is 7.64. The molecule has 0 aliphatic carbocycles. The minimum atomic E-state index is -4.11. The Bertz CT molecular complexity index is 1520. The second-order valence-electron chi connectivity index (χ2n) is 8.06. The predicted molar refractivity (Wildman–Crippen MR) is 150 cm³/mol. The highest BCUT2D eigenvalue weighted by molar-refractivity contribution is 7.92. The molecule has 194 valence electrons. The maximum atomic E-state index is 13.4. The summed E-state index contributed by atoms with van der Waals surface area (Å²) in [7, 11) is -4.11. The van der Waals surface area contributed by atoms with Crippen LogP contribution in [0, 0.1) is 0 Å². The maximum absolute atomic E-state index is 13.4. The second-order valence-corrected chi connectivity index (χ2v) is 10.8. The van der Waals surface area contributed by atoms with Gasteiger partial charge in [0, 0.05) is 5.02 Å². The molecule has 0 aliphatic rings. The highest BCUT2D eigenvalue weighted by atomic mass is 35.5. The summed E-state index contributed by atoms with van der Waals surface area (Å²) in [6, 6.07) is 29.1. The van der Waals surface area contributed by atoms with Crippen molar-refractivity contribution < 1.29 is 17.9 Å². The average molecular weight is 568 g/mol. The number of amides is 1. The van der Waals surface area contributed by atoms with Crippen molar-refractivity contribution in [3.63, 3.8) is 0 Å². The van der Waals surface area contributed by atoms with Crippen LogP contribution in [0.1, 0.15) is 11.1 Å². The van der Waals surface area contributed by atoms with Crippen LogP contribution >= 0.6 is 23.2 Å². The molecule has 7 nitrogen and oxygen atoms in total. The highest BCUT2D eigenvalue weighted by Gasteiger charge is 2.28. The first-order chi connectivity index (χ1) is 18.3. The van der Waals surface area contributed by atoms with Gasteiger partial charge in [0.05, 0.1) is 21.8 Å². The molecule has 0 bridgehead atoms. The van der Waals surface area contributed by atoms with Crippen LogP contribution in [0.4, 0.5) is 5.69 Å². The van der Waals surface area contributed by atoms with E-state index in [4.69, 9.17) is 27.9 Å². The number of anilines is 1. The molecule has 4 aromatic carbocycles. The van der Waals surface area contributed by atoms with E-state index < -0.39 is 22.5 Å². The van der Waals surface area contributed by atoms with Gasteiger partial charge in [0.1, 0.15) is 18.9 Å². The molecule has 4 aromatic rings. The van der Waals surface area contributed by atoms with Crippen LogP contribution in [0.2, 0.25) is 10.0 Å². The summed E-state index contributed by atoms with van der Waals surface area (Å²) in [5.74, 6) is 0.0335. The zero-order valence-corrected chi connectivity index (χ0v) is 22.3. The largest absolute Gasteiger partial charge is 0.489 e. The maximum Gasteiger partial charge on any atom is 0.264 e. The molecule has 0 radical (unpaired) electrons. The SMILES string of the molecule is O=C(CN(c1ccc(Cl)cc1Cl)S(=O)(=O)c1ccccc1)N/N=C\c1ccc(OCc2ccccc2)cc1. The third-order valence-electron chi connectivity index (χ3n) is 5.33. The van der Waals surface area contributed by atoms with E-state index in [9.17, 15) is 13.2 Å². The van der Waals surface area contributed by atoms with Gasteiger partial charge < -0.3 is 4.74 Å². The number of hydrazone groups is 1. The number of hydrogen-bond acceptors (Lipinski definition) is 5. The van der Waals surface area contributed by atoms with Gasteiger partial charge in [-0.05, 0) is 65.7 Å². The number of rotatable bonds is 10. The fourth-order valence-corrected chi connectivity index (χ4v) is 5.46. The number of carbonyl (C=O) groups is 1. The van der Waals surface area contributed by atoms with Crippen LogP contribution in [0.25, 0.3) is 0 Å². The van der Waals surface area contributed by atoms with Gasteiger partial charge in [-0.25, -0.2) is 13.8 Å². The minimum absolute atomic E-state index is 0.0110. The molecule has 0 aliphatic heterocycles. The molecule has 38 heavy (non-hydrogen) atoms. The highest BCUT2D eigenvalue weighted by Crippen LogP contribution is 2.32. The molecule has 1 amide bonds. The number of carbonyl (C=O) groups excluding carboxylic acids is 1. The van der Waals surface area contributed by atoms with Crippen LogP contribution < -0.4 is 14.5 Å². The molecule has 0 unspecified atom stereocenters. The fraction of sp³-hybridized carbons (Fsp3) is 0.0714. The Hall–Kier alpha value is -3.85. The molecule has 10 heteroatoms. The van der Waals surface area contributed by atoms with Crippen LogP contribution in [0.15, 0.2) is 113 Å². The summed E-state index contributed by atoms with van der Waals surface area (Å²) in [5, 5.41) is 4.38. The lowest BCUT2D eigenvalue weighted by atomic mass is 10.2. The van der Waals surface area contributed by atoms with Crippen molar-refractivity contribution in [2.45, 2.75) is 11.5 Å². The summed E-state index contributed by atoms with van der Waals surface area (Å²) in [6.45, 7) is -0.105.